The van der Waals surface area contributed by atoms with Crippen molar-refractivity contribution in [2.75, 3.05) is 37.6 Å². The number of halogens is 1. The number of fused-ring (bicyclic) bond motifs is 1. The molecule has 1 aromatic heterocycles. The van der Waals surface area contributed by atoms with E-state index in [0.717, 1.165) is 51.5 Å². The molecule has 0 aliphatic carbocycles. The standard InChI is InChI=1S/C32H35FN4/c1-34-17-7-12-31(34)32-30(24-35-18-20-36(21-19-35)28-15-13-27(33)14-16-28)29-11-6-5-10-26(29)23-37(32)22-25-8-3-2-4-9-25/h2-17,30,32H,18-24H2,1H3/t30-,32-/m1/s1. The highest BCUT2D eigenvalue weighted by atomic mass is 19.1. The van der Waals surface area contributed by atoms with Gasteiger partial charge in [-0.05, 0) is 53.1 Å². The minimum atomic E-state index is -0.176. The summed E-state index contributed by atoms with van der Waals surface area (Å²) >= 11 is 0. The predicted octanol–water partition coefficient (Wildman–Crippen LogP) is 5.83. The summed E-state index contributed by atoms with van der Waals surface area (Å²) in [6.45, 7) is 6.85. The smallest absolute Gasteiger partial charge is 0.123 e. The average molecular weight is 495 g/mol. The summed E-state index contributed by atoms with van der Waals surface area (Å²) in [6.07, 6.45) is 2.18. The normalized spacial score (nSPS) is 20.6. The van der Waals surface area contributed by atoms with Gasteiger partial charge < -0.3 is 9.47 Å². The SMILES string of the molecule is Cn1cccc1[C@H]1[C@H](CN2CCN(c3ccc(F)cc3)CC2)c2ccccc2CN1Cc1ccccc1. The van der Waals surface area contributed by atoms with Gasteiger partial charge in [-0.2, -0.15) is 0 Å². The number of aromatic nitrogens is 1. The van der Waals surface area contributed by atoms with Crippen LogP contribution in [-0.4, -0.2) is 47.1 Å². The number of piperazine rings is 1. The van der Waals surface area contributed by atoms with Crippen molar-refractivity contribution in [1.29, 1.82) is 0 Å². The molecule has 0 bridgehead atoms. The molecule has 0 N–H and O–H groups in total. The lowest BCUT2D eigenvalue weighted by Crippen LogP contribution is -2.49. The van der Waals surface area contributed by atoms with E-state index in [-0.39, 0.29) is 5.82 Å². The summed E-state index contributed by atoms with van der Waals surface area (Å²) in [6, 6.07) is 31.6. The van der Waals surface area contributed by atoms with Crippen molar-refractivity contribution < 1.29 is 4.39 Å². The van der Waals surface area contributed by atoms with Crippen LogP contribution in [0.1, 0.15) is 34.3 Å². The van der Waals surface area contributed by atoms with E-state index in [1.54, 1.807) is 12.1 Å². The first-order valence-electron chi connectivity index (χ1n) is 13.4. The lowest BCUT2D eigenvalue weighted by atomic mass is 9.81. The zero-order valence-corrected chi connectivity index (χ0v) is 21.5. The second kappa shape index (κ2) is 10.5. The molecular formula is C32H35FN4. The molecule has 2 aliphatic rings. The van der Waals surface area contributed by atoms with Gasteiger partial charge in [0.05, 0.1) is 6.04 Å². The first-order chi connectivity index (χ1) is 18.2. The molecule has 3 heterocycles. The van der Waals surface area contributed by atoms with E-state index >= 15 is 0 Å². The fourth-order valence-corrected chi connectivity index (χ4v) is 6.25. The maximum absolute atomic E-state index is 13.4. The van der Waals surface area contributed by atoms with Gasteiger partial charge in [0.1, 0.15) is 5.82 Å². The largest absolute Gasteiger partial charge is 0.369 e. The highest BCUT2D eigenvalue weighted by molar-refractivity contribution is 5.46. The van der Waals surface area contributed by atoms with Crippen molar-refractivity contribution in [3.8, 4) is 0 Å². The average Bonchev–Trinajstić information content (AvgIpc) is 3.35. The Morgan fingerprint density at radius 2 is 1.51 bits per heavy atom. The van der Waals surface area contributed by atoms with Crippen LogP contribution in [0.4, 0.5) is 10.1 Å². The first kappa shape index (κ1) is 24.0. The van der Waals surface area contributed by atoms with Crippen LogP contribution in [0.25, 0.3) is 0 Å². The summed E-state index contributed by atoms with van der Waals surface area (Å²) in [7, 11) is 2.18. The molecule has 0 saturated carbocycles. The molecule has 6 rings (SSSR count). The van der Waals surface area contributed by atoms with Crippen LogP contribution < -0.4 is 4.90 Å². The van der Waals surface area contributed by atoms with Gasteiger partial charge in [0.15, 0.2) is 0 Å². The fourth-order valence-electron chi connectivity index (χ4n) is 6.25. The lowest BCUT2D eigenvalue weighted by Gasteiger charge is -2.46. The molecule has 3 aromatic carbocycles. The second-order valence-corrected chi connectivity index (χ2v) is 10.4. The number of hydrogen-bond donors (Lipinski definition) is 0. The van der Waals surface area contributed by atoms with E-state index in [1.165, 1.54) is 22.4 Å². The Bertz CT molecular complexity index is 1310. The molecule has 4 aromatic rings. The van der Waals surface area contributed by atoms with Crippen molar-refractivity contribution in [2.45, 2.75) is 25.0 Å². The lowest BCUT2D eigenvalue weighted by molar-refractivity contribution is 0.106. The van der Waals surface area contributed by atoms with Gasteiger partial charge in [0.2, 0.25) is 0 Å². The van der Waals surface area contributed by atoms with Gasteiger partial charge in [0.25, 0.3) is 0 Å². The topological polar surface area (TPSA) is 14.7 Å². The minimum Gasteiger partial charge on any atom is -0.369 e. The third-order valence-electron chi connectivity index (χ3n) is 8.14. The number of anilines is 1. The Hall–Kier alpha value is -3.41. The van der Waals surface area contributed by atoms with Crippen molar-refractivity contribution in [3.63, 3.8) is 0 Å². The second-order valence-electron chi connectivity index (χ2n) is 10.4. The van der Waals surface area contributed by atoms with E-state index in [1.807, 2.05) is 12.1 Å². The van der Waals surface area contributed by atoms with Crippen LogP contribution in [0.15, 0.2) is 97.2 Å². The monoisotopic (exact) mass is 494 g/mol. The van der Waals surface area contributed by atoms with Crippen LogP contribution in [0.5, 0.6) is 0 Å². The van der Waals surface area contributed by atoms with E-state index in [4.69, 9.17) is 0 Å². The van der Waals surface area contributed by atoms with Crippen molar-refractivity contribution >= 4 is 5.69 Å². The van der Waals surface area contributed by atoms with Crippen LogP contribution in [0, 0.1) is 5.82 Å². The summed E-state index contributed by atoms with van der Waals surface area (Å²) in [5.41, 5.74) is 6.77. The van der Waals surface area contributed by atoms with Gasteiger partial charge >= 0.3 is 0 Å². The zero-order chi connectivity index (χ0) is 25.2. The maximum atomic E-state index is 13.4. The summed E-state index contributed by atoms with van der Waals surface area (Å²) in [4.78, 5) is 7.68. The fraction of sp³-hybridized carbons (Fsp3) is 0.312. The van der Waals surface area contributed by atoms with Crippen LogP contribution in [0.3, 0.4) is 0 Å². The molecule has 1 saturated heterocycles. The molecule has 1 fully saturated rings. The Morgan fingerprint density at radius 3 is 2.24 bits per heavy atom. The first-order valence-corrected chi connectivity index (χ1v) is 13.4. The van der Waals surface area contributed by atoms with Gasteiger partial charge in [-0.15, -0.1) is 0 Å². The Morgan fingerprint density at radius 1 is 0.784 bits per heavy atom. The van der Waals surface area contributed by atoms with E-state index in [2.05, 4.69) is 99.2 Å². The molecule has 190 valence electrons. The Kier molecular flexibility index (Phi) is 6.81. The number of rotatable bonds is 6. The molecular weight excluding hydrogens is 459 g/mol. The molecule has 4 nitrogen and oxygen atoms in total. The van der Waals surface area contributed by atoms with Crippen LogP contribution >= 0.6 is 0 Å². The molecule has 0 spiro atoms. The molecule has 2 aliphatic heterocycles. The molecule has 0 unspecified atom stereocenters. The van der Waals surface area contributed by atoms with Gasteiger partial charge in [-0.1, -0.05) is 54.6 Å². The summed E-state index contributed by atoms with van der Waals surface area (Å²) < 4.78 is 15.7. The summed E-state index contributed by atoms with van der Waals surface area (Å²) in [5.74, 6) is 0.199. The van der Waals surface area contributed by atoms with E-state index in [9.17, 15) is 4.39 Å². The van der Waals surface area contributed by atoms with Gasteiger partial charge in [-0.25, -0.2) is 4.39 Å². The van der Waals surface area contributed by atoms with Crippen LogP contribution in [-0.2, 0) is 20.1 Å². The molecule has 37 heavy (non-hydrogen) atoms. The minimum absolute atomic E-state index is 0.176. The highest BCUT2D eigenvalue weighted by Crippen LogP contribution is 2.44. The van der Waals surface area contributed by atoms with Crippen molar-refractivity contribution in [3.05, 3.63) is 125 Å². The third-order valence-corrected chi connectivity index (χ3v) is 8.14. The molecule has 0 amide bonds. The van der Waals surface area contributed by atoms with E-state index < -0.39 is 0 Å². The molecule has 0 radical (unpaired) electrons. The Labute approximate surface area is 219 Å². The van der Waals surface area contributed by atoms with Crippen molar-refractivity contribution in [2.24, 2.45) is 7.05 Å². The number of hydrogen-bond acceptors (Lipinski definition) is 3. The number of benzene rings is 3. The van der Waals surface area contributed by atoms with Gasteiger partial charge in [-0.3, -0.25) is 9.80 Å². The Balaban J connectivity index is 1.28. The number of nitrogens with zero attached hydrogens (tertiary/aromatic N) is 4. The van der Waals surface area contributed by atoms with Gasteiger partial charge in [0, 0.05) is 76.4 Å². The summed E-state index contributed by atoms with van der Waals surface area (Å²) in [5, 5.41) is 0. The van der Waals surface area contributed by atoms with E-state index in [0.29, 0.717) is 12.0 Å². The van der Waals surface area contributed by atoms with Crippen molar-refractivity contribution in [1.82, 2.24) is 14.4 Å². The molecule has 5 heteroatoms. The maximum Gasteiger partial charge on any atom is 0.123 e. The molecule has 2 atom stereocenters. The zero-order valence-electron chi connectivity index (χ0n) is 21.5. The quantitative estimate of drug-likeness (QED) is 0.335. The van der Waals surface area contributed by atoms with Crippen LogP contribution in [0.2, 0.25) is 0 Å². The highest BCUT2D eigenvalue weighted by Gasteiger charge is 2.38. The predicted molar refractivity (Wildman–Crippen MR) is 148 cm³/mol. The third kappa shape index (κ3) is 5.07. The number of aryl methyl sites for hydroxylation is 1.